The number of hydrogen-bond donors (Lipinski definition) is 3. The number of benzene rings is 1. The standard InChI is InChI=1S/C42H55F2N9/c1-6-10-39(30(5)45-8-3)50-35-12-13-36(38(24-35)40(43)44)32-14-17-51(18-15-32)16-9-11-29(4)52-19-21-53(22-20-52)42-48-27-34(28-49-42)33-23-37-31(7-2)25-46-41(37)47-26-33/h7-8,12-13,23-29,32,39-40,45,50H,2-3,5-6,9-11,14-22H2,1,4H3,(H,46,47). The topological polar surface area (TPSA) is 88.2 Å². The van der Waals surface area contributed by atoms with Crippen molar-refractivity contribution in [1.82, 2.24) is 35.1 Å². The van der Waals surface area contributed by atoms with Crippen molar-refractivity contribution >= 4 is 28.7 Å². The Bertz CT molecular complexity index is 1820. The second kappa shape index (κ2) is 17.9. The van der Waals surface area contributed by atoms with E-state index in [-0.39, 0.29) is 17.5 Å². The molecule has 2 aliphatic rings. The molecule has 3 N–H and O–H groups in total. The first-order valence-electron chi connectivity index (χ1n) is 19.2. The predicted octanol–water partition coefficient (Wildman–Crippen LogP) is 8.60. The number of nitrogens with one attached hydrogen (secondary N) is 3. The van der Waals surface area contributed by atoms with Crippen molar-refractivity contribution in [1.29, 1.82) is 0 Å². The fourth-order valence-corrected chi connectivity index (χ4v) is 7.89. The molecule has 9 nitrogen and oxygen atoms in total. The number of alkyl halides is 2. The van der Waals surface area contributed by atoms with Gasteiger partial charge in [-0.2, -0.15) is 0 Å². The Hall–Kier alpha value is -4.61. The molecule has 2 atom stereocenters. The van der Waals surface area contributed by atoms with Crippen LogP contribution in [0.15, 0.2) is 80.7 Å². The van der Waals surface area contributed by atoms with E-state index in [1.165, 1.54) is 0 Å². The molecule has 2 unspecified atom stereocenters. The molecular formula is C42H55F2N9. The average molecular weight is 724 g/mol. The highest BCUT2D eigenvalue weighted by molar-refractivity contribution is 5.89. The zero-order valence-corrected chi connectivity index (χ0v) is 31.3. The molecule has 0 saturated carbocycles. The van der Waals surface area contributed by atoms with Crippen molar-refractivity contribution in [3.63, 3.8) is 0 Å². The number of aromatic nitrogens is 4. The van der Waals surface area contributed by atoms with Crippen LogP contribution in [-0.4, -0.2) is 87.6 Å². The normalized spacial score (nSPS) is 17.2. The molecule has 0 spiro atoms. The fourth-order valence-electron chi connectivity index (χ4n) is 7.89. The zero-order valence-electron chi connectivity index (χ0n) is 31.3. The van der Waals surface area contributed by atoms with Crippen molar-refractivity contribution < 1.29 is 8.78 Å². The number of hydrogen-bond acceptors (Lipinski definition) is 8. The summed E-state index contributed by atoms with van der Waals surface area (Å²) >= 11 is 0. The van der Waals surface area contributed by atoms with E-state index in [0.717, 1.165) is 129 Å². The van der Waals surface area contributed by atoms with E-state index < -0.39 is 6.43 Å². The Balaban J connectivity index is 0.930. The monoisotopic (exact) mass is 723 g/mol. The minimum atomic E-state index is -2.51. The van der Waals surface area contributed by atoms with Gasteiger partial charge in [0.1, 0.15) is 5.65 Å². The molecule has 4 aromatic rings. The summed E-state index contributed by atoms with van der Waals surface area (Å²) in [6.45, 7) is 22.8. The summed E-state index contributed by atoms with van der Waals surface area (Å²) in [5.41, 5.74) is 6.22. The largest absolute Gasteiger partial charge is 0.377 e. The van der Waals surface area contributed by atoms with E-state index in [2.05, 4.69) is 75.0 Å². The molecule has 2 saturated heterocycles. The molecule has 1 aromatic carbocycles. The first-order valence-corrected chi connectivity index (χ1v) is 19.2. The van der Waals surface area contributed by atoms with Gasteiger partial charge in [-0.05, 0) is 94.5 Å². The summed E-state index contributed by atoms with van der Waals surface area (Å²) in [5.74, 6) is 0.920. The van der Waals surface area contributed by atoms with Crippen LogP contribution in [0.25, 0.3) is 28.2 Å². The zero-order chi connectivity index (χ0) is 37.3. The van der Waals surface area contributed by atoms with Gasteiger partial charge < -0.3 is 25.4 Å². The first kappa shape index (κ1) is 38.1. The molecule has 3 aromatic heterocycles. The number of rotatable bonds is 17. The smallest absolute Gasteiger partial charge is 0.264 e. The molecule has 53 heavy (non-hydrogen) atoms. The third-order valence-corrected chi connectivity index (χ3v) is 11.0. The van der Waals surface area contributed by atoms with E-state index in [4.69, 9.17) is 9.97 Å². The van der Waals surface area contributed by atoms with Crippen LogP contribution < -0.4 is 15.5 Å². The lowest BCUT2D eigenvalue weighted by Gasteiger charge is -2.38. The Kier molecular flexibility index (Phi) is 12.9. The molecule has 0 aliphatic carbocycles. The summed E-state index contributed by atoms with van der Waals surface area (Å²) in [4.78, 5) is 24.5. The van der Waals surface area contributed by atoms with Gasteiger partial charge >= 0.3 is 0 Å². The molecule has 0 amide bonds. The maximum absolute atomic E-state index is 14.3. The van der Waals surface area contributed by atoms with Crippen LogP contribution in [0.5, 0.6) is 0 Å². The van der Waals surface area contributed by atoms with Gasteiger partial charge in [0.2, 0.25) is 5.95 Å². The molecule has 2 fully saturated rings. The number of anilines is 2. The maximum Gasteiger partial charge on any atom is 0.264 e. The average Bonchev–Trinajstić information content (AvgIpc) is 3.61. The van der Waals surface area contributed by atoms with Crippen LogP contribution in [-0.2, 0) is 0 Å². The minimum Gasteiger partial charge on any atom is -0.377 e. The van der Waals surface area contributed by atoms with Crippen molar-refractivity contribution in [2.45, 2.75) is 76.8 Å². The van der Waals surface area contributed by atoms with E-state index in [0.29, 0.717) is 11.7 Å². The summed E-state index contributed by atoms with van der Waals surface area (Å²) in [6, 6.07) is 8.05. The lowest BCUT2D eigenvalue weighted by atomic mass is 9.86. The second-order valence-electron chi connectivity index (χ2n) is 14.5. The second-order valence-corrected chi connectivity index (χ2v) is 14.5. The van der Waals surface area contributed by atoms with Gasteiger partial charge in [0, 0.05) is 96.0 Å². The number of piperidine rings is 1. The Morgan fingerprint density at radius 2 is 1.72 bits per heavy atom. The van der Waals surface area contributed by atoms with Gasteiger partial charge in [0.05, 0.1) is 6.04 Å². The molecule has 282 valence electrons. The van der Waals surface area contributed by atoms with Gasteiger partial charge in [-0.15, -0.1) is 0 Å². The van der Waals surface area contributed by atoms with Gasteiger partial charge in [0.15, 0.2) is 0 Å². The number of pyridine rings is 1. The maximum atomic E-state index is 14.3. The number of aromatic amines is 1. The Morgan fingerprint density at radius 3 is 2.40 bits per heavy atom. The van der Waals surface area contributed by atoms with Gasteiger partial charge in [0.25, 0.3) is 6.43 Å². The molecule has 0 radical (unpaired) electrons. The minimum absolute atomic E-state index is 0.0640. The van der Waals surface area contributed by atoms with Crippen molar-refractivity contribution in [2.24, 2.45) is 0 Å². The van der Waals surface area contributed by atoms with Crippen molar-refractivity contribution in [3.8, 4) is 11.1 Å². The molecule has 0 bridgehead atoms. The van der Waals surface area contributed by atoms with Crippen molar-refractivity contribution in [2.75, 3.05) is 56.0 Å². The van der Waals surface area contributed by atoms with E-state index >= 15 is 0 Å². The summed E-state index contributed by atoms with van der Waals surface area (Å²) in [7, 11) is 0. The molecule has 5 heterocycles. The highest BCUT2D eigenvalue weighted by Crippen LogP contribution is 2.37. The van der Waals surface area contributed by atoms with E-state index in [1.807, 2.05) is 43.0 Å². The van der Waals surface area contributed by atoms with Crippen LogP contribution >= 0.6 is 0 Å². The first-order chi connectivity index (χ1) is 25.8. The number of likely N-dealkylation sites (tertiary alicyclic amines) is 1. The number of fused-ring (bicyclic) bond motifs is 1. The van der Waals surface area contributed by atoms with Crippen molar-refractivity contribution in [3.05, 3.63) is 97.4 Å². The highest BCUT2D eigenvalue weighted by Gasteiger charge is 2.27. The molecule has 11 heteroatoms. The highest BCUT2D eigenvalue weighted by atomic mass is 19.3. The van der Waals surface area contributed by atoms with Gasteiger partial charge in [-0.25, -0.2) is 23.7 Å². The van der Waals surface area contributed by atoms with Crippen LogP contribution in [0, 0.1) is 0 Å². The third kappa shape index (κ3) is 9.31. The fraction of sp³-hybridized carbons (Fsp3) is 0.452. The number of halogens is 2. The number of nitrogens with zero attached hydrogens (tertiary/aromatic N) is 6. The van der Waals surface area contributed by atoms with Gasteiger partial charge in [-0.3, -0.25) is 4.90 Å². The quantitative estimate of drug-likeness (QED) is 0.0999. The Labute approximate surface area is 313 Å². The van der Waals surface area contributed by atoms with Crippen LogP contribution in [0.4, 0.5) is 20.4 Å². The van der Waals surface area contributed by atoms with Gasteiger partial charge in [-0.1, -0.05) is 45.2 Å². The SMILES string of the molecule is C=CNC(=C)C(CCC)Nc1ccc(C2CCN(CCCC(C)N3CCN(c4ncc(-c5cnc6[nH]cc(C=C)c6c5)cn4)CC3)CC2)c(C(F)F)c1. The van der Waals surface area contributed by atoms with E-state index in [9.17, 15) is 8.78 Å². The summed E-state index contributed by atoms with van der Waals surface area (Å²) < 4.78 is 28.7. The molecule has 2 aliphatic heterocycles. The number of H-pyrrole nitrogens is 1. The van der Waals surface area contributed by atoms with Crippen LogP contribution in [0.2, 0.25) is 0 Å². The number of piperazine rings is 1. The molecule has 6 rings (SSSR count). The lowest BCUT2D eigenvalue weighted by molar-refractivity contribution is 0.147. The van der Waals surface area contributed by atoms with Crippen LogP contribution in [0.1, 0.15) is 81.4 Å². The molecular weight excluding hydrogens is 669 g/mol. The predicted molar refractivity (Wildman–Crippen MR) is 214 cm³/mol. The summed E-state index contributed by atoms with van der Waals surface area (Å²) in [5, 5.41) is 7.50. The lowest BCUT2D eigenvalue weighted by Crippen LogP contribution is -2.50. The Morgan fingerprint density at radius 1 is 0.981 bits per heavy atom. The summed E-state index contributed by atoms with van der Waals surface area (Å²) in [6.07, 6.45) is 14.3. The van der Waals surface area contributed by atoms with E-state index in [1.54, 1.807) is 12.3 Å². The third-order valence-electron chi connectivity index (χ3n) is 11.0. The van der Waals surface area contributed by atoms with Crippen LogP contribution in [0.3, 0.4) is 0 Å².